The second-order valence-corrected chi connectivity index (χ2v) is 14.8. The van der Waals surface area contributed by atoms with Crippen LogP contribution in [0.5, 0.6) is 0 Å². The molecule has 0 unspecified atom stereocenters. The van der Waals surface area contributed by atoms with Gasteiger partial charge in [0.2, 0.25) is 0 Å². The van der Waals surface area contributed by atoms with Crippen molar-refractivity contribution in [3.8, 4) is 44.5 Å². The molecule has 0 aliphatic rings. The molecule has 10 aromatic rings. The van der Waals surface area contributed by atoms with E-state index in [0.29, 0.717) is 0 Å². The highest BCUT2D eigenvalue weighted by atomic mass is 32.1. The van der Waals surface area contributed by atoms with Crippen molar-refractivity contribution in [3.63, 3.8) is 0 Å². The van der Waals surface area contributed by atoms with Crippen LogP contribution in [0.3, 0.4) is 0 Å². The van der Waals surface area contributed by atoms with Gasteiger partial charge >= 0.3 is 0 Å². The Balaban J connectivity index is 1.05. The molecule has 0 saturated carbocycles. The Kier molecular flexibility index (Phi) is 8.09. The van der Waals surface area contributed by atoms with Crippen molar-refractivity contribution < 1.29 is 0 Å². The summed E-state index contributed by atoms with van der Waals surface area (Å²) in [7, 11) is 0. The molecule has 9 aromatic carbocycles. The molecule has 0 atom stereocenters. The summed E-state index contributed by atoms with van der Waals surface area (Å²) in [4.78, 5) is 2.39. The third-order valence-electron chi connectivity index (χ3n) is 10.5. The third kappa shape index (κ3) is 5.93. The topological polar surface area (TPSA) is 3.24 Å². The smallest absolute Gasteiger partial charge is 0.0540 e. The van der Waals surface area contributed by atoms with Crippen molar-refractivity contribution in [2.75, 3.05) is 4.90 Å². The SMILES string of the molecule is c1ccc(-c2ccc(-c3ccccc3N(c3ccc(-c4ccc5ccccc5c4)cc3)c3ccc(-c4ccc5c(c4)sc4ccccc45)cc3)cc2)cc1. The normalized spacial score (nSPS) is 11.3. The van der Waals surface area contributed by atoms with Crippen LogP contribution in [0.4, 0.5) is 17.1 Å². The van der Waals surface area contributed by atoms with Crippen molar-refractivity contribution in [1.82, 2.24) is 0 Å². The van der Waals surface area contributed by atoms with Gasteiger partial charge in [-0.15, -0.1) is 11.3 Å². The Bertz CT molecular complexity index is 2900. The Hall–Kier alpha value is -6.74. The lowest BCUT2D eigenvalue weighted by Gasteiger charge is -2.28. The van der Waals surface area contributed by atoms with Crippen molar-refractivity contribution in [3.05, 3.63) is 212 Å². The number of anilines is 3. The number of fused-ring (bicyclic) bond motifs is 4. The van der Waals surface area contributed by atoms with Crippen LogP contribution in [0.15, 0.2) is 212 Å². The molecule has 0 radical (unpaired) electrons. The molecule has 2 heteroatoms. The highest BCUT2D eigenvalue weighted by Gasteiger charge is 2.18. The minimum Gasteiger partial charge on any atom is -0.310 e. The molecule has 0 fully saturated rings. The molecular formula is C52H35NS. The van der Waals surface area contributed by atoms with E-state index in [0.717, 1.165) is 17.1 Å². The van der Waals surface area contributed by atoms with Crippen LogP contribution in [-0.4, -0.2) is 0 Å². The summed E-state index contributed by atoms with van der Waals surface area (Å²) in [5, 5.41) is 5.15. The van der Waals surface area contributed by atoms with E-state index in [1.54, 1.807) is 0 Å². The highest BCUT2D eigenvalue weighted by Crippen LogP contribution is 2.43. The monoisotopic (exact) mass is 705 g/mol. The highest BCUT2D eigenvalue weighted by molar-refractivity contribution is 7.25. The maximum atomic E-state index is 2.39. The van der Waals surface area contributed by atoms with Gasteiger partial charge in [-0.2, -0.15) is 0 Å². The predicted octanol–water partition coefficient (Wildman–Crippen LogP) is 15.3. The first-order valence-corrected chi connectivity index (χ1v) is 19.2. The first-order valence-electron chi connectivity index (χ1n) is 18.4. The lowest BCUT2D eigenvalue weighted by molar-refractivity contribution is 1.28. The fourth-order valence-corrected chi connectivity index (χ4v) is 8.84. The molecule has 10 rings (SSSR count). The molecule has 54 heavy (non-hydrogen) atoms. The molecule has 0 aliphatic heterocycles. The van der Waals surface area contributed by atoms with Crippen LogP contribution in [0.25, 0.3) is 75.5 Å². The van der Waals surface area contributed by atoms with Gasteiger partial charge in [0, 0.05) is 37.1 Å². The summed E-state index contributed by atoms with van der Waals surface area (Å²) in [6.45, 7) is 0. The maximum Gasteiger partial charge on any atom is 0.0540 e. The molecule has 1 aromatic heterocycles. The fraction of sp³-hybridized carbons (Fsp3) is 0. The van der Waals surface area contributed by atoms with Crippen LogP contribution in [-0.2, 0) is 0 Å². The molecular weight excluding hydrogens is 671 g/mol. The average Bonchev–Trinajstić information content (AvgIpc) is 3.63. The summed E-state index contributed by atoms with van der Waals surface area (Å²) in [5.41, 5.74) is 13.0. The molecule has 0 amide bonds. The van der Waals surface area contributed by atoms with E-state index in [2.05, 4.69) is 217 Å². The molecule has 1 heterocycles. The fourth-order valence-electron chi connectivity index (χ4n) is 7.69. The Morgan fingerprint density at radius 3 is 1.56 bits per heavy atom. The molecule has 0 bridgehead atoms. The minimum absolute atomic E-state index is 1.10. The van der Waals surface area contributed by atoms with Crippen LogP contribution in [0.1, 0.15) is 0 Å². The summed E-state index contributed by atoms with van der Waals surface area (Å²) < 4.78 is 2.65. The largest absolute Gasteiger partial charge is 0.310 e. The van der Waals surface area contributed by atoms with E-state index >= 15 is 0 Å². The van der Waals surface area contributed by atoms with Gasteiger partial charge in [-0.05, 0) is 98.2 Å². The third-order valence-corrected chi connectivity index (χ3v) is 11.6. The number of thiophene rings is 1. The van der Waals surface area contributed by atoms with Gasteiger partial charge in [0.1, 0.15) is 0 Å². The number of hydrogen-bond donors (Lipinski definition) is 0. The van der Waals surface area contributed by atoms with E-state index in [1.165, 1.54) is 75.5 Å². The van der Waals surface area contributed by atoms with E-state index in [-0.39, 0.29) is 0 Å². The van der Waals surface area contributed by atoms with Crippen LogP contribution < -0.4 is 4.90 Å². The minimum atomic E-state index is 1.10. The number of nitrogens with zero attached hydrogens (tertiary/aromatic N) is 1. The quantitative estimate of drug-likeness (QED) is 0.160. The van der Waals surface area contributed by atoms with Crippen molar-refractivity contribution in [2.45, 2.75) is 0 Å². The van der Waals surface area contributed by atoms with Gasteiger partial charge in [0.05, 0.1) is 5.69 Å². The summed E-state index contributed by atoms with van der Waals surface area (Å²) in [5.74, 6) is 0. The van der Waals surface area contributed by atoms with Gasteiger partial charge in [-0.3, -0.25) is 0 Å². The van der Waals surface area contributed by atoms with Crippen molar-refractivity contribution in [2.24, 2.45) is 0 Å². The zero-order chi connectivity index (χ0) is 35.8. The van der Waals surface area contributed by atoms with Crippen molar-refractivity contribution >= 4 is 59.3 Å². The Morgan fingerprint density at radius 2 is 0.796 bits per heavy atom. The standard InChI is InChI=1S/C52H35NS/c1-2-10-36(11-3-1)38-18-21-41(22-19-38)47-14-6-8-16-50(47)53(45-29-24-39(25-30-45)43-23-20-37-12-4-5-13-42(37)34-43)46-31-26-40(27-32-46)44-28-33-49-48-15-7-9-17-51(48)54-52(49)35-44/h1-35H. The van der Waals surface area contributed by atoms with Gasteiger partial charge in [-0.25, -0.2) is 0 Å². The van der Waals surface area contributed by atoms with Gasteiger partial charge in [0.15, 0.2) is 0 Å². The van der Waals surface area contributed by atoms with E-state index in [1.807, 2.05) is 11.3 Å². The predicted molar refractivity (Wildman–Crippen MR) is 233 cm³/mol. The maximum absolute atomic E-state index is 2.39. The molecule has 0 N–H and O–H groups in total. The van der Waals surface area contributed by atoms with Crippen molar-refractivity contribution in [1.29, 1.82) is 0 Å². The molecule has 1 nitrogen and oxygen atoms in total. The first-order chi connectivity index (χ1) is 26.7. The number of benzene rings is 9. The average molecular weight is 706 g/mol. The molecule has 0 aliphatic carbocycles. The van der Waals surface area contributed by atoms with E-state index < -0.39 is 0 Å². The van der Waals surface area contributed by atoms with E-state index in [9.17, 15) is 0 Å². The van der Waals surface area contributed by atoms with Crippen LogP contribution in [0, 0.1) is 0 Å². The number of para-hydroxylation sites is 1. The lowest BCUT2D eigenvalue weighted by Crippen LogP contribution is -2.11. The van der Waals surface area contributed by atoms with Gasteiger partial charge < -0.3 is 4.90 Å². The number of rotatable bonds is 7. The first kappa shape index (κ1) is 32.0. The summed E-state index contributed by atoms with van der Waals surface area (Å²) in [6, 6.07) is 77.1. The second kappa shape index (κ2) is 13.7. The number of hydrogen-bond acceptors (Lipinski definition) is 2. The Morgan fingerprint density at radius 1 is 0.296 bits per heavy atom. The zero-order valence-electron chi connectivity index (χ0n) is 29.6. The summed E-state index contributed by atoms with van der Waals surface area (Å²) >= 11 is 1.86. The second-order valence-electron chi connectivity index (χ2n) is 13.8. The molecule has 254 valence electrons. The summed E-state index contributed by atoms with van der Waals surface area (Å²) in [6.07, 6.45) is 0. The van der Waals surface area contributed by atoms with Crippen LogP contribution >= 0.6 is 11.3 Å². The zero-order valence-corrected chi connectivity index (χ0v) is 30.4. The van der Waals surface area contributed by atoms with Crippen LogP contribution in [0.2, 0.25) is 0 Å². The molecule has 0 saturated heterocycles. The van der Waals surface area contributed by atoms with Gasteiger partial charge in [-0.1, -0.05) is 164 Å². The molecule has 0 spiro atoms. The van der Waals surface area contributed by atoms with Gasteiger partial charge in [0.25, 0.3) is 0 Å². The van der Waals surface area contributed by atoms with E-state index in [4.69, 9.17) is 0 Å². The Labute approximate surface area is 319 Å². The lowest BCUT2D eigenvalue weighted by atomic mass is 9.97.